The molecule has 4 nitrogen and oxygen atoms in total. The van der Waals surface area contributed by atoms with E-state index in [1.165, 1.54) is 6.07 Å². The van der Waals surface area contributed by atoms with Crippen LogP contribution >= 0.6 is 11.6 Å². The smallest absolute Gasteiger partial charge is 0.262 e. The van der Waals surface area contributed by atoms with Crippen LogP contribution in [0.2, 0.25) is 5.02 Å². The number of aryl methyl sites for hydroxylation is 1. The van der Waals surface area contributed by atoms with Gasteiger partial charge in [-0.05, 0) is 31.2 Å². The van der Waals surface area contributed by atoms with Crippen molar-refractivity contribution in [3.05, 3.63) is 58.6 Å². The molecule has 0 bridgehead atoms. The Kier molecular flexibility index (Phi) is 4.81. The molecule has 0 aromatic heterocycles. The third kappa shape index (κ3) is 4.23. The Bertz CT molecular complexity index is 690. The van der Waals surface area contributed by atoms with Crippen molar-refractivity contribution in [1.82, 2.24) is 0 Å². The summed E-state index contributed by atoms with van der Waals surface area (Å²) < 4.78 is 5.34. The zero-order valence-corrected chi connectivity index (χ0v) is 12.1. The molecule has 2 aromatic carbocycles. The highest BCUT2D eigenvalue weighted by Crippen LogP contribution is 2.21. The van der Waals surface area contributed by atoms with Crippen LogP contribution in [0.25, 0.3) is 0 Å². The van der Waals surface area contributed by atoms with Crippen molar-refractivity contribution in [1.29, 1.82) is 5.26 Å². The lowest BCUT2D eigenvalue weighted by Crippen LogP contribution is -2.20. The monoisotopic (exact) mass is 300 g/mol. The molecule has 2 aromatic rings. The number of nitriles is 1. The molecular weight excluding hydrogens is 288 g/mol. The number of hydrogen-bond acceptors (Lipinski definition) is 3. The molecule has 0 unspecified atom stereocenters. The zero-order valence-electron chi connectivity index (χ0n) is 11.4. The predicted octanol–water partition coefficient (Wildman–Crippen LogP) is 3.54. The molecule has 0 fully saturated rings. The number of nitrogens with one attached hydrogen (secondary N) is 1. The molecule has 0 spiro atoms. The van der Waals surface area contributed by atoms with Crippen LogP contribution in [0.15, 0.2) is 42.5 Å². The molecule has 1 amide bonds. The number of benzene rings is 2. The van der Waals surface area contributed by atoms with Gasteiger partial charge in [-0.15, -0.1) is 0 Å². The van der Waals surface area contributed by atoms with E-state index < -0.39 is 0 Å². The number of rotatable bonds is 4. The minimum atomic E-state index is -0.265. The Morgan fingerprint density at radius 3 is 2.62 bits per heavy atom. The second-order valence-electron chi connectivity index (χ2n) is 4.46. The average Bonchev–Trinajstić information content (AvgIpc) is 2.48. The number of hydrogen-bond donors (Lipinski definition) is 1. The van der Waals surface area contributed by atoms with Gasteiger partial charge in [0.1, 0.15) is 11.8 Å². The average molecular weight is 301 g/mol. The second kappa shape index (κ2) is 6.78. The Morgan fingerprint density at radius 2 is 2.00 bits per heavy atom. The van der Waals surface area contributed by atoms with E-state index in [1.807, 2.05) is 37.3 Å². The SMILES string of the molecule is Cc1ccc(NC(=O)COc2ccc(C#N)c(Cl)c2)cc1. The van der Waals surface area contributed by atoms with Crippen molar-refractivity contribution in [2.24, 2.45) is 0 Å². The van der Waals surface area contributed by atoms with Crippen molar-refractivity contribution in [2.75, 3.05) is 11.9 Å². The molecule has 0 saturated heterocycles. The van der Waals surface area contributed by atoms with Crippen LogP contribution in [-0.4, -0.2) is 12.5 Å². The fraction of sp³-hybridized carbons (Fsp3) is 0.125. The maximum Gasteiger partial charge on any atom is 0.262 e. The Balaban J connectivity index is 1.91. The normalized spacial score (nSPS) is 9.76. The van der Waals surface area contributed by atoms with Gasteiger partial charge in [0.2, 0.25) is 0 Å². The summed E-state index contributed by atoms with van der Waals surface area (Å²) in [4.78, 5) is 11.8. The van der Waals surface area contributed by atoms with Gasteiger partial charge in [0, 0.05) is 11.8 Å². The fourth-order valence-corrected chi connectivity index (χ4v) is 1.87. The first-order valence-corrected chi connectivity index (χ1v) is 6.65. The van der Waals surface area contributed by atoms with E-state index in [0.29, 0.717) is 22.0 Å². The standard InChI is InChI=1S/C16H13ClN2O2/c1-11-2-5-13(6-3-11)19-16(20)10-21-14-7-4-12(9-18)15(17)8-14/h2-8H,10H2,1H3,(H,19,20). The lowest BCUT2D eigenvalue weighted by Gasteiger charge is -2.08. The molecule has 5 heteroatoms. The third-order valence-corrected chi connectivity index (χ3v) is 3.08. The van der Waals surface area contributed by atoms with E-state index in [0.717, 1.165) is 5.56 Å². The number of carbonyl (C=O) groups excluding carboxylic acids is 1. The van der Waals surface area contributed by atoms with E-state index in [9.17, 15) is 4.79 Å². The minimum absolute atomic E-state index is 0.129. The van der Waals surface area contributed by atoms with Gasteiger partial charge in [-0.2, -0.15) is 5.26 Å². The van der Waals surface area contributed by atoms with Crippen LogP contribution in [-0.2, 0) is 4.79 Å². The highest BCUT2D eigenvalue weighted by Gasteiger charge is 2.06. The van der Waals surface area contributed by atoms with E-state index in [-0.39, 0.29) is 12.5 Å². The van der Waals surface area contributed by atoms with Crippen molar-refractivity contribution in [3.63, 3.8) is 0 Å². The van der Waals surface area contributed by atoms with Crippen LogP contribution in [0.4, 0.5) is 5.69 Å². The zero-order chi connectivity index (χ0) is 15.2. The summed E-state index contributed by atoms with van der Waals surface area (Å²) in [6, 6.07) is 14.1. The van der Waals surface area contributed by atoms with Gasteiger partial charge in [0.15, 0.2) is 6.61 Å². The minimum Gasteiger partial charge on any atom is -0.484 e. The number of halogens is 1. The number of ether oxygens (including phenoxy) is 1. The Morgan fingerprint density at radius 1 is 1.29 bits per heavy atom. The molecule has 0 saturated carbocycles. The quantitative estimate of drug-likeness (QED) is 0.939. The van der Waals surface area contributed by atoms with E-state index in [1.54, 1.807) is 12.1 Å². The van der Waals surface area contributed by atoms with Crippen LogP contribution in [0.5, 0.6) is 5.75 Å². The van der Waals surface area contributed by atoms with Gasteiger partial charge in [-0.1, -0.05) is 29.3 Å². The maximum absolute atomic E-state index is 11.8. The molecule has 106 valence electrons. The highest BCUT2D eigenvalue weighted by atomic mass is 35.5. The van der Waals surface area contributed by atoms with Gasteiger partial charge in [-0.3, -0.25) is 4.79 Å². The summed E-state index contributed by atoms with van der Waals surface area (Å²) in [7, 11) is 0. The summed E-state index contributed by atoms with van der Waals surface area (Å²) in [6.45, 7) is 1.85. The molecule has 0 aliphatic rings. The van der Waals surface area contributed by atoms with Crippen LogP contribution < -0.4 is 10.1 Å². The van der Waals surface area contributed by atoms with Crippen molar-refractivity contribution >= 4 is 23.2 Å². The number of amides is 1. The second-order valence-corrected chi connectivity index (χ2v) is 4.86. The first kappa shape index (κ1) is 14.9. The van der Waals surface area contributed by atoms with E-state index in [4.69, 9.17) is 21.6 Å². The maximum atomic E-state index is 11.8. The number of carbonyl (C=O) groups is 1. The van der Waals surface area contributed by atoms with Crippen LogP contribution in [0, 0.1) is 18.3 Å². The van der Waals surface area contributed by atoms with Crippen LogP contribution in [0.1, 0.15) is 11.1 Å². The largest absolute Gasteiger partial charge is 0.484 e. The molecule has 21 heavy (non-hydrogen) atoms. The third-order valence-electron chi connectivity index (χ3n) is 2.77. The first-order chi connectivity index (χ1) is 10.1. The van der Waals surface area contributed by atoms with E-state index >= 15 is 0 Å². The highest BCUT2D eigenvalue weighted by molar-refractivity contribution is 6.31. The summed E-state index contributed by atoms with van der Waals surface area (Å²) >= 11 is 5.89. The predicted molar refractivity (Wildman–Crippen MR) is 81.5 cm³/mol. The van der Waals surface area contributed by atoms with Crippen molar-refractivity contribution < 1.29 is 9.53 Å². The van der Waals surface area contributed by atoms with Gasteiger partial charge in [0.05, 0.1) is 10.6 Å². The lowest BCUT2D eigenvalue weighted by molar-refractivity contribution is -0.118. The van der Waals surface area contributed by atoms with Crippen LogP contribution in [0.3, 0.4) is 0 Å². The van der Waals surface area contributed by atoms with Gasteiger partial charge >= 0.3 is 0 Å². The van der Waals surface area contributed by atoms with E-state index in [2.05, 4.69) is 5.32 Å². The molecular formula is C16H13ClN2O2. The Labute approximate surface area is 127 Å². The molecule has 0 aliphatic carbocycles. The molecule has 0 atom stereocenters. The fourth-order valence-electron chi connectivity index (χ4n) is 1.66. The molecule has 1 N–H and O–H groups in total. The van der Waals surface area contributed by atoms with Crippen molar-refractivity contribution in [3.8, 4) is 11.8 Å². The lowest BCUT2D eigenvalue weighted by atomic mass is 10.2. The van der Waals surface area contributed by atoms with Gasteiger partial charge in [-0.25, -0.2) is 0 Å². The molecule has 0 radical (unpaired) electrons. The summed E-state index contributed by atoms with van der Waals surface area (Å²) in [5.74, 6) is 0.178. The van der Waals surface area contributed by atoms with Gasteiger partial charge < -0.3 is 10.1 Å². The van der Waals surface area contributed by atoms with Gasteiger partial charge in [0.25, 0.3) is 5.91 Å². The summed E-state index contributed by atoms with van der Waals surface area (Å²) in [5, 5.41) is 11.8. The number of anilines is 1. The molecule has 0 aliphatic heterocycles. The Hall–Kier alpha value is -2.51. The molecule has 2 rings (SSSR count). The first-order valence-electron chi connectivity index (χ1n) is 6.27. The number of nitrogens with zero attached hydrogens (tertiary/aromatic N) is 1. The summed E-state index contributed by atoms with van der Waals surface area (Å²) in [5.41, 5.74) is 2.21. The topological polar surface area (TPSA) is 62.1 Å². The molecule has 0 heterocycles. The van der Waals surface area contributed by atoms with Crippen molar-refractivity contribution in [2.45, 2.75) is 6.92 Å². The summed E-state index contributed by atoms with van der Waals surface area (Å²) in [6.07, 6.45) is 0.